The van der Waals surface area contributed by atoms with Crippen molar-refractivity contribution >= 4 is 17.8 Å². The van der Waals surface area contributed by atoms with Crippen LogP contribution in [0, 0.1) is 13.8 Å². The standard InChI is InChI=1S/C22H27N5/c1-16-5-7-18(8-6-16)14-24-10-9-20(27(4)23-3)12-19-15-26-22-21(19)11-17(2)13-25-22/h5-9,11,13,15,24H,3,10,12,14H2,1-2,4H3,(H,25,26)/b20-9-. The van der Waals surface area contributed by atoms with E-state index in [1.54, 1.807) is 0 Å². The lowest BCUT2D eigenvalue weighted by Crippen LogP contribution is -2.17. The highest BCUT2D eigenvalue weighted by atomic mass is 15.4. The maximum Gasteiger partial charge on any atom is 0.137 e. The zero-order valence-corrected chi connectivity index (χ0v) is 16.3. The summed E-state index contributed by atoms with van der Waals surface area (Å²) in [6.45, 7) is 9.44. The molecule has 0 radical (unpaired) electrons. The lowest BCUT2D eigenvalue weighted by molar-refractivity contribution is 0.437. The molecule has 0 aliphatic carbocycles. The zero-order valence-electron chi connectivity index (χ0n) is 16.3. The Kier molecular flexibility index (Phi) is 6.04. The molecule has 3 aromatic rings. The summed E-state index contributed by atoms with van der Waals surface area (Å²) >= 11 is 0. The number of hydrogen-bond donors (Lipinski definition) is 2. The molecular formula is C22H27N5. The fourth-order valence-electron chi connectivity index (χ4n) is 3.03. The number of benzene rings is 1. The van der Waals surface area contributed by atoms with Crippen LogP contribution in [-0.2, 0) is 13.0 Å². The first-order valence-corrected chi connectivity index (χ1v) is 9.15. The minimum atomic E-state index is 0.767. The first kappa shape index (κ1) is 18.9. The SMILES string of the molecule is C=NN(C)/C(=C\CNCc1ccc(C)cc1)Cc1c[nH]c2ncc(C)cc12. The number of allylic oxidation sites excluding steroid dienone is 1. The van der Waals surface area contributed by atoms with E-state index in [9.17, 15) is 0 Å². The third-order valence-corrected chi connectivity index (χ3v) is 4.68. The number of hydrazone groups is 1. The molecular weight excluding hydrogens is 334 g/mol. The van der Waals surface area contributed by atoms with Crippen molar-refractivity contribution in [3.05, 3.63) is 76.8 Å². The lowest BCUT2D eigenvalue weighted by Gasteiger charge is -2.17. The second-order valence-corrected chi connectivity index (χ2v) is 6.88. The third-order valence-electron chi connectivity index (χ3n) is 4.68. The van der Waals surface area contributed by atoms with E-state index in [1.807, 2.05) is 24.5 Å². The van der Waals surface area contributed by atoms with Crippen LogP contribution in [0.25, 0.3) is 11.0 Å². The number of rotatable bonds is 8. The first-order chi connectivity index (χ1) is 13.1. The van der Waals surface area contributed by atoms with Gasteiger partial charge in [-0.15, -0.1) is 0 Å². The summed E-state index contributed by atoms with van der Waals surface area (Å²) in [5, 5.41) is 10.5. The molecule has 0 saturated carbocycles. The molecule has 27 heavy (non-hydrogen) atoms. The summed E-state index contributed by atoms with van der Waals surface area (Å²) in [6.07, 6.45) is 6.85. The van der Waals surface area contributed by atoms with E-state index in [1.165, 1.54) is 16.7 Å². The van der Waals surface area contributed by atoms with Crippen LogP contribution in [0.1, 0.15) is 22.3 Å². The Bertz CT molecular complexity index is 937. The minimum absolute atomic E-state index is 0.767. The Morgan fingerprint density at radius 2 is 2.04 bits per heavy atom. The van der Waals surface area contributed by atoms with Crippen LogP contribution in [-0.4, -0.2) is 35.3 Å². The van der Waals surface area contributed by atoms with Gasteiger partial charge >= 0.3 is 0 Å². The molecule has 0 bridgehead atoms. The number of aromatic nitrogens is 2. The molecule has 140 valence electrons. The fourth-order valence-corrected chi connectivity index (χ4v) is 3.03. The first-order valence-electron chi connectivity index (χ1n) is 9.15. The summed E-state index contributed by atoms with van der Waals surface area (Å²) in [4.78, 5) is 7.70. The van der Waals surface area contributed by atoms with Crippen LogP contribution in [0.4, 0.5) is 0 Å². The number of hydrogen-bond acceptors (Lipinski definition) is 4. The number of aromatic amines is 1. The van der Waals surface area contributed by atoms with Crippen LogP contribution < -0.4 is 5.32 Å². The lowest BCUT2D eigenvalue weighted by atomic mass is 10.1. The molecule has 0 atom stereocenters. The molecule has 0 amide bonds. The van der Waals surface area contributed by atoms with Gasteiger partial charge in [0.25, 0.3) is 0 Å². The van der Waals surface area contributed by atoms with Crippen molar-refractivity contribution < 1.29 is 0 Å². The van der Waals surface area contributed by atoms with Crippen LogP contribution in [0.2, 0.25) is 0 Å². The molecule has 5 heteroatoms. The van der Waals surface area contributed by atoms with E-state index in [0.717, 1.165) is 41.8 Å². The maximum absolute atomic E-state index is 4.45. The molecule has 2 heterocycles. The van der Waals surface area contributed by atoms with Crippen LogP contribution in [0.3, 0.4) is 0 Å². The minimum Gasteiger partial charge on any atom is -0.346 e. The topological polar surface area (TPSA) is 56.3 Å². The van der Waals surface area contributed by atoms with E-state index in [0.29, 0.717) is 0 Å². The van der Waals surface area contributed by atoms with Crippen LogP contribution in [0.15, 0.2) is 59.6 Å². The summed E-state index contributed by atoms with van der Waals surface area (Å²) in [7, 11) is 1.93. The molecule has 0 saturated heterocycles. The Hall–Kier alpha value is -2.92. The fraction of sp³-hybridized carbons (Fsp3) is 0.273. The number of fused-ring (bicyclic) bond motifs is 1. The van der Waals surface area contributed by atoms with Crippen molar-refractivity contribution in [3.8, 4) is 0 Å². The number of aryl methyl sites for hydroxylation is 2. The molecule has 2 N–H and O–H groups in total. The van der Waals surface area contributed by atoms with Crippen molar-refractivity contribution in [2.45, 2.75) is 26.8 Å². The zero-order chi connectivity index (χ0) is 19.2. The molecule has 0 spiro atoms. The summed E-state index contributed by atoms with van der Waals surface area (Å²) in [5.74, 6) is 0. The average molecular weight is 361 g/mol. The number of nitrogens with zero attached hydrogens (tertiary/aromatic N) is 3. The molecule has 1 aromatic carbocycles. The summed E-state index contributed by atoms with van der Waals surface area (Å²) in [5.41, 5.74) is 6.95. The molecule has 0 aliphatic heterocycles. The van der Waals surface area contributed by atoms with Gasteiger partial charge in [-0.05, 0) is 42.7 Å². The van der Waals surface area contributed by atoms with E-state index >= 15 is 0 Å². The van der Waals surface area contributed by atoms with Gasteiger partial charge in [-0.1, -0.05) is 29.8 Å². The van der Waals surface area contributed by atoms with E-state index < -0.39 is 0 Å². The van der Waals surface area contributed by atoms with Crippen LogP contribution in [0.5, 0.6) is 0 Å². The Balaban J connectivity index is 1.69. The highest BCUT2D eigenvalue weighted by molar-refractivity contribution is 5.80. The predicted molar refractivity (Wildman–Crippen MR) is 113 cm³/mol. The predicted octanol–water partition coefficient (Wildman–Crippen LogP) is 3.94. The smallest absolute Gasteiger partial charge is 0.137 e. The molecule has 0 unspecified atom stereocenters. The average Bonchev–Trinajstić information content (AvgIpc) is 3.07. The van der Waals surface area contributed by atoms with Gasteiger partial charge in [0.05, 0.1) is 0 Å². The quantitative estimate of drug-likeness (QED) is 0.363. The van der Waals surface area contributed by atoms with Gasteiger partial charge in [0.2, 0.25) is 0 Å². The molecule has 3 rings (SSSR count). The van der Waals surface area contributed by atoms with Gasteiger partial charge in [-0.2, -0.15) is 5.10 Å². The van der Waals surface area contributed by atoms with Crippen LogP contribution >= 0.6 is 0 Å². The summed E-state index contributed by atoms with van der Waals surface area (Å²) in [6, 6.07) is 10.8. The Morgan fingerprint density at radius 1 is 1.26 bits per heavy atom. The van der Waals surface area contributed by atoms with Gasteiger partial charge < -0.3 is 10.3 Å². The number of pyridine rings is 1. The van der Waals surface area contributed by atoms with Crippen molar-refractivity contribution in [2.24, 2.45) is 5.10 Å². The third kappa shape index (κ3) is 4.83. The van der Waals surface area contributed by atoms with E-state index in [2.05, 4.69) is 77.4 Å². The monoisotopic (exact) mass is 361 g/mol. The van der Waals surface area contributed by atoms with Gasteiger partial charge in [0.1, 0.15) is 5.65 Å². The van der Waals surface area contributed by atoms with E-state index in [4.69, 9.17) is 0 Å². The number of nitrogens with one attached hydrogen (secondary N) is 2. The molecule has 0 fully saturated rings. The van der Waals surface area contributed by atoms with Gasteiger partial charge in [-0.3, -0.25) is 5.01 Å². The van der Waals surface area contributed by atoms with Gasteiger partial charge in [0.15, 0.2) is 0 Å². The van der Waals surface area contributed by atoms with Gasteiger partial charge in [0, 0.05) is 56.8 Å². The largest absolute Gasteiger partial charge is 0.346 e. The normalized spacial score (nSPS) is 11.7. The highest BCUT2D eigenvalue weighted by Gasteiger charge is 2.10. The highest BCUT2D eigenvalue weighted by Crippen LogP contribution is 2.21. The van der Waals surface area contributed by atoms with Gasteiger partial charge in [-0.25, -0.2) is 4.98 Å². The Morgan fingerprint density at radius 3 is 2.78 bits per heavy atom. The van der Waals surface area contributed by atoms with Crippen molar-refractivity contribution in [1.29, 1.82) is 0 Å². The second-order valence-electron chi connectivity index (χ2n) is 6.88. The van der Waals surface area contributed by atoms with Crippen molar-refractivity contribution in [1.82, 2.24) is 20.3 Å². The summed E-state index contributed by atoms with van der Waals surface area (Å²) < 4.78 is 0. The van der Waals surface area contributed by atoms with E-state index in [-0.39, 0.29) is 0 Å². The molecule has 2 aromatic heterocycles. The molecule has 0 aliphatic rings. The second kappa shape index (κ2) is 8.64. The van der Waals surface area contributed by atoms with Crippen molar-refractivity contribution in [2.75, 3.05) is 13.6 Å². The number of H-pyrrole nitrogens is 1. The maximum atomic E-state index is 4.45. The molecule has 5 nitrogen and oxygen atoms in total. The number of likely N-dealkylation sites (N-methyl/N-ethyl adjacent to an activating group) is 1. The Labute approximate surface area is 160 Å². The van der Waals surface area contributed by atoms with Crippen molar-refractivity contribution in [3.63, 3.8) is 0 Å².